The first-order valence-electron chi connectivity index (χ1n) is 11.6. The number of hydrogen-bond donors (Lipinski definition) is 2. The van der Waals surface area contributed by atoms with Gasteiger partial charge in [-0.05, 0) is 88.1 Å². The smallest absolute Gasteiger partial charge is 0.258 e. The highest BCUT2D eigenvalue weighted by Crippen LogP contribution is 2.42. The molecule has 4 aromatic heterocycles. The van der Waals surface area contributed by atoms with E-state index in [0.717, 1.165) is 33.8 Å². The lowest BCUT2D eigenvalue weighted by Gasteiger charge is -2.05. The van der Waals surface area contributed by atoms with E-state index in [-0.39, 0.29) is 11.1 Å². The van der Waals surface area contributed by atoms with Crippen molar-refractivity contribution in [3.05, 3.63) is 80.7 Å². The van der Waals surface area contributed by atoms with Gasteiger partial charge in [-0.3, -0.25) is 9.59 Å². The molecule has 0 saturated carbocycles. The molecule has 2 aliphatic heterocycles. The van der Waals surface area contributed by atoms with Crippen LogP contribution in [-0.2, 0) is 9.59 Å². The molecule has 36 heavy (non-hydrogen) atoms. The van der Waals surface area contributed by atoms with Crippen LogP contribution in [0.15, 0.2) is 53.1 Å². The molecule has 2 aliphatic rings. The van der Waals surface area contributed by atoms with Crippen LogP contribution in [0.3, 0.4) is 0 Å². The molecule has 0 aromatic carbocycles. The Labute approximate surface area is 206 Å². The third kappa shape index (κ3) is 3.14. The van der Waals surface area contributed by atoms with E-state index in [1.165, 1.54) is 0 Å². The van der Waals surface area contributed by atoms with Crippen molar-refractivity contribution < 1.29 is 27.3 Å². The molecule has 0 fully saturated rings. The van der Waals surface area contributed by atoms with Crippen LogP contribution in [0.2, 0.25) is 0 Å². The van der Waals surface area contributed by atoms with Crippen LogP contribution in [0.1, 0.15) is 45.3 Å². The fourth-order valence-electron chi connectivity index (χ4n) is 4.98. The van der Waals surface area contributed by atoms with Gasteiger partial charge >= 0.3 is 0 Å². The van der Waals surface area contributed by atoms with Gasteiger partial charge < -0.3 is 28.3 Å². The summed E-state index contributed by atoms with van der Waals surface area (Å²) < 4.78 is 23.8. The molecule has 0 atom stereocenters. The number of amides is 2. The third-order valence-electron chi connectivity index (χ3n) is 6.50. The summed E-state index contributed by atoms with van der Waals surface area (Å²) in [6.07, 6.45) is 0. The second-order valence-electron chi connectivity index (χ2n) is 9.39. The molecular weight excluding hydrogens is 460 g/mol. The number of fused-ring (bicyclic) bond motifs is 1. The van der Waals surface area contributed by atoms with Crippen molar-refractivity contribution in [2.45, 2.75) is 41.5 Å². The lowest BCUT2D eigenvalue weighted by atomic mass is 10.0. The Morgan fingerprint density at radius 3 is 1.19 bits per heavy atom. The molecule has 0 saturated heterocycles. The average Bonchev–Trinajstić information content (AvgIpc) is 3.61. The molecule has 0 spiro atoms. The van der Waals surface area contributed by atoms with Crippen molar-refractivity contribution in [2.75, 3.05) is 0 Å². The van der Waals surface area contributed by atoms with Gasteiger partial charge in [0.05, 0.1) is 22.5 Å². The lowest BCUT2D eigenvalue weighted by Crippen LogP contribution is -2.21. The molecule has 2 N–H and O–H groups in total. The minimum atomic E-state index is -0.405. The van der Waals surface area contributed by atoms with Gasteiger partial charge in [0, 0.05) is 0 Å². The summed E-state index contributed by atoms with van der Waals surface area (Å²) >= 11 is 0. The normalized spacial score (nSPS) is 15.3. The van der Waals surface area contributed by atoms with E-state index in [4.69, 9.17) is 17.7 Å². The molecule has 2 amide bonds. The molecular formula is C28H24N2O6. The SMILES string of the molecule is Cc1cc(C)c(-c2cc(C)c(C3=C4C(=O)NC(c5oc(-c6oc(C)cc6C)cc5C)=C4C(=O)N3)o2)o1. The van der Waals surface area contributed by atoms with Crippen LogP contribution < -0.4 is 10.6 Å². The first-order valence-corrected chi connectivity index (χ1v) is 11.6. The second kappa shape index (κ2) is 7.52. The number of nitrogens with one attached hydrogen (secondary N) is 2. The molecule has 0 bridgehead atoms. The van der Waals surface area contributed by atoms with Crippen LogP contribution in [0.25, 0.3) is 34.4 Å². The zero-order chi connectivity index (χ0) is 25.5. The van der Waals surface area contributed by atoms with Crippen molar-refractivity contribution >= 4 is 23.2 Å². The van der Waals surface area contributed by atoms with E-state index in [0.29, 0.717) is 46.0 Å². The van der Waals surface area contributed by atoms with E-state index in [1.54, 1.807) is 0 Å². The van der Waals surface area contributed by atoms with Crippen molar-refractivity contribution in [3.8, 4) is 23.0 Å². The fourth-order valence-corrected chi connectivity index (χ4v) is 4.98. The summed E-state index contributed by atoms with van der Waals surface area (Å²) in [6.45, 7) is 11.3. The minimum Gasteiger partial charge on any atom is -0.458 e. The first-order chi connectivity index (χ1) is 17.1. The summed E-state index contributed by atoms with van der Waals surface area (Å²) in [4.78, 5) is 26.3. The molecule has 4 aromatic rings. The first kappa shape index (κ1) is 22.0. The van der Waals surface area contributed by atoms with Crippen LogP contribution in [0.5, 0.6) is 0 Å². The topological polar surface area (TPSA) is 111 Å². The van der Waals surface area contributed by atoms with Crippen LogP contribution in [0, 0.1) is 41.5 Å². The predicted molar refractivity (Wildman–Crippen MR) is 131 cm³/mol. The molecule has 0 unspecified atom stereocenters. The number of carbonyl (C=O) groups is 2. The summed E-state index contributed by atoms with van der Waals surface area (Å²) in [6, 6.07) is 7.53. The monoisotopic (exact) mass is 484 g/mol. The number of aryl methyl sites for hydroxylation is 6. The minimum absolute atomic E-state index is 0.230. The van der Waals surface area contributed by atoms with Gasteiger partial charge in [-0.25, -0.2) is 0 Å². The Hall–Kier alpha value is -4.46. The van der Waals surface area contributed by atoms with Crippen molar-refractivity contribution in [1.29, 1.82) is 0 Å². The Kier molecular flexibility index (Phi) is 4.60. The number of rotatable bonds is 4. The number of carbonyl (C=O) groups excluding carboxylic acids is 2. The van der Waals surface area contributed by atoms with Crippen molar-refractivity contribution in [3.63, 3.8) is 0 Å². The van der Waals surface area contributed by atoms with Crippen molar-refractivity contribution in [1.82, 2.24) is 10.6 Å². The van der Waals surface area contributed by atoms with E-state index in [1.807, 2.05) is 65.8 Å². The quantitative estimate of drug-likeness (QED) is 0.389. The number of furan rings is 4. The summed E-state index contributed by atoms with van der Waals surface area (Å²) in [5.74, 6) is 3.84. The summed E-state index contributed by atoms with van der Waals surface area (Å²) in [5.41, 5.74) is 4.53. The van der Waals surface area contributed by atoms with Gasteiger partial charge in [-0.2, -0.15) is 0 Å². The largest absolute Gasteiger partial charge is 0.458 e. The molecule has 6 rings (SSSR count). The van der Waals surface area contributed by atoms with Crippen LogP contribution in [-0.4, -0.2) is 11.8 Å². The highest BCUT2D eigenvalue weighted by molar-refractivity contribution is 6.30. The predicted octanol–water partition coefficient (Wildman–Crippen LogP) is 5.63. The van der Waals surface area contributed by atoms with Gasteiger partial charge in [0.2, 0.25) is 0 Å². The Bertz CT molecular complexity index is 1560. The summed E-state index contributed by atoms with van der Waals surface area (Å²) in [7, 11) is 0. The van der Waals surface area contributed by atoms with Gasteiger partial charge in [0.1, 0.15) is 11.5 Å². The highest BCUT2D eigenvalue weighted by Gasteiger charge is 2.43. The Morgan fingerprint density at radius 1 is 0.500 bits per heavy atom. The van der Waals surface area contributed by atoms with E-state index < -0.39 is 11.8 Å². The zero-order valence-corrected chi connectivity index (χ0v) is 20.8. The van der Waals surface area contributed by atoms with Crippen LogP contribution in [0.4, 0.5) is 0 Å². The zero-order valence-electron chi connectivity index (χ0n) is 20.8. The second-order valence-corrected chi connectivity index (χ2v) is 9.39. The third-order valence-corrected chi connectivity index (χ3v) is 6.50. The van der Waals surface area contributed by atoms with Gasteiger partial charge in [0.25, 0.3) is 11.8 Å². The maximum atomic E-state index is 13.1. The summed E-state index contributed by atoms with van der Waals surface area (Å²) in [5, 5.41) is 5.67. The van der Waals surface area contributed by atoms with E-state index in [9.17, 15) is 9.59 Å². The lowest BCUT2D eigenvalue weighted by molar-refractivity contribution is -0.117. The standard InChI is InChI=1S/C28H24N2O6/c1-11-7-15(5)33-23(11)17-9-13(3)25(35-17)21-19-20(28(32)29-21)22(30-27(19)31)26-14(4)10-18(36-26)24-12(2)8-16(6)34-24/h7-10H,1-6H3,(H,29,32)(H,30,31). The molecule has 182 valence electrons. The average molecular weight is 485 g/mol. The maximum absolute atomic E-state index is 13.1. The molecule has 6 heterocycles. The van der Waals surface area contributed by atoms with Gasteiger partial charge in [0.15, 0.2) is 34.6 Å². The maximum Gasteiger partial charge on any atom is 0.258 e. The Balaban J connectivity index is 1.47. The molecule has 8 heteroatoms. The van der Waals surface area contributed by atoms with Crippen LogP contribution >= 0.6 is 0 Å². The van der Waals surface area contributed by atoms with Gasteiger partial charge in [-0.1, -0.05) is 0 Å². The molecule has 0 aliphatic carbocycles. The fraction of sp³-hybridized carbons (Fsp3) is 0.214. The molecule has 0 radical (unpaired) electrons. The number of hydrogen-bond acceptors (Lipinski definition) is 6. The highest BCUT2D eigenvalue weighted by atomic mass is 16.4. The molecule has 8 nitrogen and oxygen atoms in total. The van der Waals surface area contributed by atoms with E-state index in [2.05, 4.69) is 10.6 Å². The van der Waals surface area contributed by atoms with Gasteiger partial charge in [-0.15, -0.1) is 0 Å². The van der Waals surface area contributed by atoms with Crippen molar-refractivity contribution in [2.24, 2.45) is 0 Å². The Morgan fingerprint density at radius 2 is 0.861 bits per heavy atom. The van der Waals surface area contributed by atoms with E-state index >= 15 is 0 Å².